The van der Waals surface area contributed by atoms with Crippen molar-refractivity contribution < 1.29 is 0 Å². The minimum atomic E-state index is 1.10. The lowest BCUT2D eigenvalue weighted by Gasteiger charge is -2.27. The molecule has 51 heavy (non-hydrogen) atoms. The first kappa shape index (κ1) is 30.4. The minimum Gasteiger partial charge on any atom is -0.310 e. The first-order valence-corrected chi connectivity index (χ1v) is 17.5. The van der Waals surface area contributed by atoms with Gasteiger partial charge in [0.2, 0.25) is 0 Å². The Kier molecular flexibility index (Phi) is 7.92. The van der Waals surface area contributed by atoms with Gasteiger partial charge in [-0.2, -0.15) is 0 Å². The van der Waals surface area contributed by atoms with Crippen LogP contribution in [0.1, 0.15) is 0 Å². The van der Waals surface area contributed by atoms with Crippen molar-refractivity contribution in [3.05, 3.63) is 212 Å². The highest BCUT2D eigenvalue weighted by Gasteiger charge is 2.19. The Balaban J connectivity index is 1.23. The quantitative estimate of drug-likeness (QED) is 0.155. The molecule has 240 valence electrons. The van der Waals surface area contributed by atoms with Crippen LogP contribution in [0.4, 0.5) is 17.1 Å². The lowest BCUT2D eigenvalue weighted by Crippen LogP contribution is -2.10. The fourth-order valence-corrected chi connectivity index (χ4v) is 7.48. The molecule has 0 bridgehead atoms. The predicted molar refractivity (Wildman–Crippen MR) is 218 cm³/mol. The predicted octanol–water partition coefficient (Wildman–Crippen LogP) is 14.1. The average Bonchev–Trinajstić information content (AvgIpc) is 3.22. The molecule has 0 saturated heterocycles. The first-order chi connectivity index (χ1) is 25.3. The van der Waals surface area contributed by atoms with Crippen LogP contribution in [-0.4, -0.2) is 0 Å². The van der Waals surface area contributed by atoms with Crippen molar-refractivity contribution in [2.24, 2.45) is 0 Å². The monoisotopic (exact) mass is 649 g/mol. The zero-order chi connectivity index (χ0) is 34.0. The standard InChI is InChI=1S/C50H35N/c1-4-16-36(17-5-1)40-22-14-24-43(34-40)51(44-25-15-23-41(35-44)37-18-6-2-7-19-37)42-32-30-39(31-33-42)50-48-29-13-11-27-46(48)45-26-10-12-28-47(45)49(50)38-20-8-3-9-21-38/h1-35H. The molecule has 0 aliphatic rings. The van der Waals surface area contributed by atoms with Gasteiger partial charge in [-0.25, -0.2) is 0 Å². The maximum atomic E-state index is 2.37. The number of hydrogen-bond acceptors (Lipinski definition) is 1. The van der Waals surface area contributed by atoms with Crippen LogP contribution in [0.3, 0.4) is 0 Å². The number of fused-ring (bicyclic) bond motifs is 3. The maximum absolute atomic E-state index is 2.37. The summed E-state index contributed by atoms with van der Waals surface area (Å²) in [4.78, 5) is 2.37. The Bertz CT molecular complexity index is 2520. The third-order valence-electron chi connectivity index (χ3n) is 9.83. The van der Waals surface area contributed by atoms with Crippen molar-refractivity contribution in [3.8, 4) is 44.5 Å². The minimum absolute atomic E-state index is 1.10. The van der Waals surface area contributed by atoms with Gasteiger partial charge in [0.15, 0.2) is 0 Å². The van der Waals surface area contributed by atoms with E-state index in [0.717, 1.165) is 17.1 Å². The molecular formula is C50H35N. The van der Waals surface area contributed by atoms with Gasteiger partial charge in [-0.3, -0.25) is 0 Å². The molecule has 0 aromatic heterocycles. The molecule has 9 aromatic carbocycles. The van der Waals surface area contributed by atoms with E-state index >= 15 is 0 Å². The molecular weight excluding hydrogens is 615 g/mol. The van der Waals surface area contributed by atoms with E-state index in [0.29, 0.717) is 0 Å². The summed E-state index contributed by atoms with van der Waals surface area (Å²) in [6.07, 6.45) is 0. The smallest absolute Gasteiger partial charge is 0.0467 e. The second-order valence-electron chi connectivity index (χ2n) is 12.9. The topological polar surface area (TPSA) is 3.24 Å². The fraction of sp³-hybridized carbons (Fsp3) is 0. The molecule has 0 amide bonds. The second kappa shape index (κ2) is 13.3. The van der Waals surface area contributed by atoms with Gasteiger partial charge < -0.3 is 4.90 Å². The van der Waals surface area contributed by atoms with E-state index in [1.807, 2.05) is 0 Å². The largest absolute Gasteiger partial charge is 0.310 e. The highest BCUT2D eigenvalue weighted by atomic mass is 15.1. The van der Waals surface area contributed by atoms with Crippen LogP contribution in [0.5, 0.6) is 0 Å². The lowest BCUT2D eigenvalue weighted by atomic mass is 9.85. The van der Waals surface area contributed by atoms with Gasteiger partial charge >= 0.3 is 0 Å². The van der Waals surface area contributed by atoms with Crippen LogP contribution < -0.4 is 4.90 Å². The molecule has 0 saturated carbocycles. The summed E-state index contributed by atoms with van der Waals surface area (Å²) in [7, 11) is 0. The number of nitrogens with zero attached hydrogens (tertiary/aromatic N) is 1. The number of anilines is 3. The molecule has 0 spiro atoms. The summed E-state index contributed by atoms with van der Waals surface area (Å²) in [6, 6.07) is 76.6. The molecule has 9 rings (SSSR count). The zero-order valence-corrected chi connectivity index (χ0v) is 28.2. The van der Waals surface area contributed by atoms with Gasteiger partial charge in [0.1, 0.15) is 0 Å². The van der Waals surface area contributed by atoms with E-state index in [2.05, 4.69) is 217 Å². The van der Waals surface area contributed by atoms with Gasteiger partial charge in [0, 0.05) is 17.1 Å². The van der Waals surface area contributed by atoms with Crippen molar-refractivity contribution >= 4 is 38.6 Å². The molecule has 0 radical (unpaired) electrons. The van der Waals surface area contributed by atoms with Gasteiger partial charge in [0.05, 0.1) is 0 Å². The van der Waals surface area contributed by atoms with E-state index < -0.39 is 0 Å². The Hall–Kier alpha value is -6.70. The summed E-state index contributed by atoms with van der Waals surface area (Å²) in [5.74, 6) is 0. The SMILES string of the molecule is c1ccc(-c2cccc(N(c3ccc(-c4c(-c5ccccc5)c5ccccc5c5ccccc45)cc3)c3cccc(-c4ccccc4)c3)c2)cc1. The van der Waals surface area contributed by atoms with Crippen molar-refractivity contribution in [1.82, 2.24) is 0 Å². The van der Waals surface area contributed by atoms with E-state index in [4.69, 9.17) is 0 Å². The van der Waals surface area contributed by atoms with Crippen LogP contribution in [0, 0.1) is 0 Å². The van der Waals surface area contributed by atoms with Crippen molar-refractivity contribution in [1.29, 1.82) is 0 Å². The number of benzene rings is 9. The molecule has 0 aliphatic carbocycles. The molecule has 0 N–H and O–H groups in total. The molecule has 1 heteroatoms. The van der Waals surface area contributed by atoms with Crippen LogP contribution >= 0.6 is 0 Å². The van der Waals surface area contributed by atoms with E-state index in [9.17, 15) is 0 Å². The molecule has 1 nitrogen and oxygen atoms in total. The van der Waals surface area contributed by atoms with Gasteiger partial charge in [-0.1, -0.05) is 176 Å². The second-order valence-corrected chi connectivity index (χ2v) is 12.9. The Morgan fingerprint density at radius 1 is 0.216 bits per heavy atom. The lowest BCUT2D eigenvalue weighted by molar-refractivity contribution is 1.28. The summed E-state index contributed by atoms with van der Waals surface area (Å²) in [5.41, 5.74) is 13.0. The zero-order valence-electron chi connectivity index (χ0n) is 28.2. The number of rotatable bonds is 7. The highest BCUT2D eigenvalue weighted by Crippen LogP contribution is 2.45. The van der Waals surface area contributed by atoms with Gasteiger partial charge in [-0.05, 0) is 102 Å². The van der Waals surface area contributed by atoms with Gasteiger partial charge in [0.25, 0.3) is 0 Å². The van der Waals surface area contributed by atoms with E-state index in [1.54, 1.807) is 0 Å². The van der Waals surface area contributed by atoms with Crippen LogP contribution in [-0.2, 0) is 0 Å². The number of hydrogen-bond donors (Lipinski definition) is 0. The summed E-state index contributed by atoms with van der Waals surface area (Å²) in [6.45, 7) is 0. The highest BCUT2D eigenvalue weighted by molar-refractivity contribution is 6.21. The molecule has 9 aromatic rings. The van der Waals surface area contributed by atoms with Crippen LogP contribution in [0.2, 0.25) is 0 Å². The third-order valence-corrected chi connectivity index (χ3v) is 9.83. The summed E-state index contributed by atoms with van der Waals surface area (Å²) in [5, 5.41) is 5.06. The van der Waals surface area contributed by atoms with Crippen molar-refractivity contribution in [3.63, 3.8) is 0 Å². The molecule has 0 unspecified atom stereocenters. The third kappa shape index (κ3) is 5.75. The molecule has 0 aliphatic heterocycles. The van der Waals surface area contributed by atoms with Gasteiger partial charge in [-0.15, -0.1) is 0 Å². The fourth-order valence-electron chi connectivity index (χ4n) is 7.48. The van der Waals surface area contributed by atoms with Crippen LogP contribution in [0.25, 0.3) is 66.1 Å². The Labute approximate surface area is 299 Å². The Morgan fingerprint density at radius 3 is 1.02 bits per heavy atom. The molecule has 0 fully saturated rings. The van der Waals surface area contributed by atoms with Crippen molar-refractivity contribution in [2.45, 2.75) is 0 Å². The normalized spacial score (nSPS) is 11.1. The van der Waals surface area contributed by atoms with E-state index in [-0.39, 0.29) is 0 Å². The first-order valence-electron chi connectivity index (χ1n) is 17.5. The van der Waals surface area contributed by atoms with Crippen molar-refractivity contribution in [2.75, 3.05) is 4.90 Å². The molecule has 0 atom stereocenters. The summed E-state index contributed by atoms with van der Waals surface area (Å²) < 4.78 is 0. The van der Waals surface area contributed by atoms with E-state index in [1.165, 1.54) is 66.1 Å². The Morgan fingerprint density at radius 2 is 0.569 bits per heavy atom. The maximum Gasteiger partial charge on any atom is 0.0467 e. The molecule has 0 heterocycles. The summed E-state index contributed by atoms with van der Waals surface area (Å²) >= 11 is 0. The van der Waals surface area contributed by atoms with Crippen LogP contribution in [0.15, 0.2) is 212 Å². The average molecular weight is 650 g/mol.